The van der Waals surface area contributed by atoms with Crippen LogP contribution in [0.3, 0.4) is 0 Å². The molecular formula is C31H29N3O4S. The molecule has 0 fully saturated rings. The molecule has 0 aliphatic heterocycles. The highest BCUT2D eigenvalue weighted by Gasteiger charge is 2.17. The van der Waals surface area contributed by atoms with Crippen LogP contribution in [0.2, 0.25) is 0 Å². The highest BCUT2D eigenvalue weighted by Crippen LogP contribution is 2.19. The van der Waals surface area contributed by atoms with E-state index in [4.69, 9.17) is 21.7 Å². The second kappa shape index (κ2) is 13.7. The number of benzene rings is 4. The first-order chi connectivity index (χ1) is 19.0. The SMILES string of the molecule is CN(Cc1ccccc1)C(=O)c1ccccc1NC(=S)NC(=O)c1cccc(OCCOc2ccccc2)c1. The standard InChI is InChI=1S/C31H29N3O4S/c1-34(22-23-11-4-2-5-12-23)30(36)27-17-8-9-18-28(27)32-31(39)33-29(35)24-13-10-16-26(21-24)38-20-19-37-25-14-6-3-7-15-25/h2-18,21H,19-20,22H2,1H3,(H2,32,33,35,39). The lowest BCUT2D eigenvalue weighted by Gasteiger charge is -2.20. The predicted octanol–water partition coefficient (Wildman–Crippen LogP) is 5.54. The zero-order chi connectivity index (χ0) is 27.5. The molecule has 4 aromatic rings. The van der Waals surface area contributed by atoms with Crippen LogP contribution in [0.1, 0.15) is 26.3 Å². The average molecular weight is 540 g/mol. The first-order valence-electron chi connectivity index (χ1n) is 12.4. The van der Waals surface area contributed by atoms with Gasteiger partial charge in [-0.05, 0) is 60.2 Å². The molecule has 0 aliphatic rings. The number of nitrogens with zero attached hydrogens (tertiary/aromatic N) is 1. The second-order valence-electron chi connectivity index (χ2n) is 8.64. The molecule has 2 N–H and O–H groups in total. The Bertz CT molecular complexity index is 1410. The van der Waals surface area contributed by atoms with E-state index in [2.05, 4.69) is 10.6 Å². The number of ether oxygens (including phenoxy) is 2. The van der Waals surface area contributed by atoms with Crippen molar-refractivity contribution in [2.45, 2.75) is 6.54 Å². The van der Waals surface area contributed by atoms with Crippen molar-refractivity contribution < 1.29 is 19.1 Å². The zero-order valence-electron chi connectivity index (χ0n) is 21.5. The third-order valence-electron chi connectivity index (χ3n) is 5.70. The van der Waals surface area contributed by atoms with Gasteiger partial charge in [-0.2, -0.15) is 0 Å². The lowest BCUT2D eigenvalue weighted by molar-refractivity contribution is 0.0786. The molecule has 198 valence electrons. The molecule has 7 nitrogen and oxygen atoms in total. The van der Waals surface area contributed by atoms with E-state index in [-0.39, 0.29) is 11.0 Å². The molecule has 0 spiro atoms. The molecule has 2 amide bonds. The van der Waals surface area contributed by atoms with Crippen LogP contribution in [0.15, 0.2) is 109 Å². The lowest BCUT2D eigenvalue weighted by atomic mass is 10.1. The number of rotatable bonds is 10. The first-order valence-corrected chi connectivity index (χ1v) is 12.8. The van der Waals surface area contributed by atoms with Crippen molar-refractivity contribution in [3.8, 4) is 11.5 Å². The third-order valence-corrected chi connectivity index (χ3v) is 5.91. The zero-order valence-corrected chi connectivity index (χ0v) is 22.3. The number of anilines is 1. The molecule has 0 aliphatic carbocycles. The van der Waals surface area contributed by atoms with Gasteiger partial charge in [0.2, 0.25) is 0 Å². The van der Waals surface area contributed by atoms with E-state index in [9.17, 15) is 9.59 Å². The van der Waals surface area contributed by atoms with E-state index in [1.807, 2.05) is 60.7 Å². The maximum atomic E-state index is 13.2. The van der Waals surface area contributed by atoms with Crippen LogP contribution in [-0.4, -0.2) is 42.1 Å². The number of hydrogen-bond acceptors (Lipinski definition) is 5. The minimum absolute atomic E-state index is 0.0774. The highest BCUT2D eigenvalue weighted by atomic mass is 32.1. The van der Waals surface area contributed by atoms with Gasteiger partial charge in [0.15, 0.2) is 5.11 Å². The Balaban J connectivity index is 1.31. The number of thiocarbonyl (C=S) groups is 1. The van der Waals surface area contributed by atoms with Crippen molar-refractivity contribution in [1.29, 1.82) is 0 Å². The molecule has 4 aromatic carbocycles. The quantitative estimate of drug-likeness (QED) is 0.203. The van der Waals surface area contributed by atoms with Crippen LogP contribution in [-0.2, 0) is 6.54 Å². The molecule has 4 rings (SSSR count). The van der Waals surface area contributed by atoms with Crippen LogP contribution >= 0.6 is 12.2 Å². The largest absolute Gasteiger partial charge is 0.490 e. The normalized spacial score (nSPS) is 10.3. The Morgan fingerprint density at radius 1 is 0.769 bits per heavy atom. The highest BCUT2D eigenvalue weighted by molar-refractivity contribution is 7.80. The van der Waals surface area contributed by atoms with Crippen molar-refractivity contribution >= 4 is 34.8 Å². The fraction of sp³-hybridized carbons (Fsp3) is 0.129. The molecular weight excluding hydrogens is 510 g/mol. The van der Waals surface area contributed by atoms with Crippen LogP contribution in [0.25, 0.3) is 0 Å². The van der Waals surface area contributed by atoms with Crippen molar-refractivity contribution in [2.24, 2.45) is 0 Å². The maximum absolute atomic E-state index is 13.2. The van der Waals surface area contributed by atoms with Gasteiger partial charge in [0.05, 0.1) is 11.3 Å². The molecule has 0 radical (unpaired) electrons. The van der Waals surface area contributed by atoms with Crippen LogP contribution in [0.4, 0.5) is 5.69 Å². The smallest absolute Gasteiger partial charge is 0.257 e. The molecule has 0 bridgehead atoms. The fourth-order valence-corrected chi connectivity index (χ4v) is 4.01. The number of amides is 2. The summed E-state index contributed by atoms with van der Waals surface area (Å²) in [4.78, 5) is 27.6. The summed E-state index contributed by atoms with van der Waals surface area (Å²) in [6.07, 6.45) is 0. The monoisotopic (exact) mass is 539 g/mol. The van der Waals surface area contributed by atoms with E-state index in [1.54, 1.807) is 60.5 Å². The van der Waals surface area contributed by atoms with Gasteiger partial charge in [0.1, 0.15) is 24.7 Å². The minimum atomic E-state index is -0.400. The van der Waals surface area contributed by atoms with Gasteiger partial charge in [-0.1, -0.05) is 66.7 Å². The van der Waals surface area contributed by atoms with Gasteiger partial charge >= 0.3 is 0 Å². The Morgan fingerprint density at radius 2 is 1.38 bits per heavy atom. The first kappa shape index (κ1) is 27.3. The van der Waals surface area contributed by atoms with Crippen LogP contribution < -0.4 is 20.1 Å². The van der Waals surface area contributed by atoms with E-state index < -0.39 is 5.91 Å². The number of carbonyl (C=O) groups excluding carboxylic acids is 2. The topological polar surface area (TPSA) is 79.9 Å². The number of carbonyl (C=O) groups is 2. The van der Waals surface area contributed by atoms with E-state index in [0.29, 0.717) is 42.3 Å². The van der Waals surface area contributed by atoms with Crippen molar-refractivity contribution in [2.75, 3.05) is 25.6 Å². The second-order valence-corrected chi connectivity index (χ2v) is 9.05. The maximum Gasteiger partial charge on any atom is 0.257 e. The molecule has 0 saturated heterocycles. The predicted molar refractivity (Wildman–Crippen MR) is 156 cm³/mol. The minimum Gasteiger partial charge on any atom is -0.490 e. The van der Waals surface area contributed by atoms with Crippen LogP contribution in [0.5, 0.6) is 11.5 Å². The summed E-state index contributed by atoms with van der Waals surface area (Å²) in [6, 6.07) is 33.1. The third kappa shape index (κ3) is 8.15. The van der Waals surface area contributed by atoms with Crippen molar-refractivity contribution in [3.05, 3.63) is 126 Å². The molecule has 0 heterocycles. The molecule has 39 heavy (non-hydrogen) atoms. The Kier molecular flexibility index (Phi) is 9.63. The summed E-state index contributed by atoms with van der Waals surface area (Å²) in [5.74, 6) is 0.734. The van der Waals surface area contributed by atoms with Gasteiger partial charge in [-0.25, -0.2) is 0 Å². The van der Waals surface area contributed by atoms with Gasteiger partial charge in [-0.15, -0.1) is 0 Å². The Hall–Kier alpha value is -4.69. The van der Waals surface area contributed by atoms with Gasteiger partial charge in [-0.3, -0.25) is 14.9 Å². The molecule has 0 atom stereocenters. The van der Waals surface area contributed by atoms with Gasteiger partial charge in [0, 0.05) is 19.2 Å². The summed E-state index contributed by atoms with van der Waals surface area (Å²) < 4.78 is 11.4. The number of para-hydroxylation sites is 2. The Morgan fingerprint density at radius 3 is 2.13 bits per heavy atom. The number of nitrogens with one attached hydrogen (secondary N) is 2. The molecule has 0 unspecified atom stereocenters. The fourth-order valence-electron chi connectivity index (χ4n) is 3.81. The van der Waals surface area contributed by atoms with Crippen LogP contribution in [0, 0.1) is 0 Å². The van der Waals surface area contributed by atoms with Gasteiger partial charge < -0.3 is 19.7 Å². The summed E-state index contributed by atoms with van der Waals surface area (Å²) >= 11 is 5.38. The summed E-state index contributed by atoms with van der Waals surface area (Å²) in [6.45, 7) is 1.16. The molecule has 8 heteroatoms. The lowest BCUT2D eigenvalue weighted by Crippen LogP contribution is -2.35. The van der Waals surface area contributed by atoms with E-state index in [0.717, 1.165) is 11.3 Å². The van der Waals surface area contributed by atoms with E-state index >= 15 is 0 Å². The molecule has 0 aromatic heterocycles. The summed E-state index contributed by atoms with van der Waals surface area (Å²) in [5.41, 5.74) is 2.35. The van der Waals surface area contributed by atoms with Crippen molar-refractivity contribution in [1.82, 2.24) is 10.2 Å². The van der Waals surface area contributed by atoms with Gasteiger partial charge in [0.25, 0.3) is 11.8 Å². The molecule has 0 saturated carbocycles. The average Bonchev–Trinajstić information content (AvgIpc) is 2.96. The van der Waals surface area contributed by atoms with E-state index in [1.165, 1.54) is 0 Å². The van der Waals surface area contributed by atoms with Crippen molar-refractivity contribution in [3.63, 3.8) is 0 Å². The summed E-state index contributed by atoms with van der Waals surface area (Å²) in [5, 5.41) is 5.74. The summed E-state index contributed by atoms with van der Waals surface area (Å²) in [7, 11) is 1.75. The number of hydrogen-bond donors (Lipinski definition) is 2. The Labute approximate surface area is 233 Å².